The average Bonchev–Trinajstić information content (AvgIpc) is 3.73. The van der Waals surface area contributed by atoms with Gasteiger partial charge >= 0.3 is 0 Å². The van der Waals surface area contributed by atoms with Gasteiger partial charge in [-0.15, -0.1) is 11.3 Å². The van der Waals surface area contributed by atoms with Crippen molar-refractivity contribution < 1.29 is 4.79 Å². The zero-order chi connectivity index (χ0) is 31.9. The molecule has 0 bridgehead atoms. The molecule has 7 rings (SSSR count). The Kier molecular flexibility index (Phi) is 8.31. The highest BCUT2D eigenvalue weighted by Crippen LogP contribution is 2.40. The molecule has 46 heavy (non-hydrogen) atoms. The lowest BCUT2D eigenvalue weighted by atomic mass is 9.93. The van der Waals surface area contributed by atoms with Crippen LogP contribution < -0.4 is 5.32 Å². The van der Waals surface area contributed by atoms with Crippen LogP contribution in [0.15, 0.2) is 60.9 Å². The Labute approximate surface area is 275 Å². The molecule has 0 unspecified atom stereocenters. The van der Waals surface area contributed by atoms with Crippen molar-refractivity contribution >= 4 is 39.7 Å². The molecule has 0 saturated carbocycles. The number of carbonyl (C=O) groups is 1. The van der Waals surface area contributed by atoms with Crippen molar-refractivity contribution in [1.82, 2.24) is 29.7 Å². The molecular weight excluding hydrogens is 591 g/mol. The number of nitrogens with zero attached hydrogens (tertiary/aromatic N) is 6. The van der Waals surface area contributed by atoms with E-state index in [4.69, 9.17) is 15.0 Å². The summed E-state index contributed by atoms with van der Waals surface area (Å²) in [5, 5.41) is 5.72. The maximum Gasteiger partial charge on any atom is 0.237 e. The second kappa shape index (κ2) is 12.5. The molecule has 5 heterocycles. The van der Waals surface area contributed by atoms with Crippen LogP contribution in [0.4, 0.5) is 11.5 Å². The molecule has 5 aromatic rings. The number of benzene rings is 2. The number of aromatic nitrogens is 3. The summed E-state index contributed by atoms with van der Waals surface area (Å²) in [4.78, 5) is 34.7. The van der Waals surface area contributed by atoms with Gasteiger partial charge in [-0.25, -0.2) is 9.97 Å². The van der Waals surface area contributed by atoms with Crippen molar-refractivity contribution in [3.63, 3.8) is 0 Å². The number of amides is 1. The van der Waals surface area contributed by atoms with Gasteiger partial charge in [0.05, 0.1) is 25.3 Å². The summed E-state index contributed by atoms with van der Waals surface area (Å²) in [6.07, 6.45) is 5.14. The Morgan fingerprint density at radius 3 is 2.57 bits per heavy atom. The van der Waals surface area contributed by atoms with Gasteiger partial charge < -0.3 is 15.1 Å². The molecule has 0 radical (unpaired) electrons. The van der Waals surface area contributed by atoms with E-state index in [9.17, 15) is 4.79 Å². The highest BCUT2D eigenvalue weighted by Gasteiger charge is 2.28. The zero-order valence-electron chi connectivity index (χ0n) is 27.3. The number of pyridine rings is 2. The van der Waals surface area contributed by atoms with Gasteiger partial charge in [0, 0.05) is 47.0 Å². The van der Waals surface area contributed by atoms with Gasteiger partial charge in [0.2, 0.25) is 5.91 Å². The number of thiazole rings is 1. The van der Waals surface area contributed by atoms with E-state index < -0.39 is 0 Å². The molecule has 1 N–H and O–H groups in total. The average molecular weight is 632 g/mol. The molecule has 9 heteroatoms. The Morgan fingerprint density at radius 1 is 1.02 bits per heavy atom. The standard InChI is InChI=1S/C37H41N7OS/c1-23-13-15-43(18-23)19-26-16-27-12-14-38-36(35(27)39-17-26)40-31-11-7-9-29(25(31)3)28-8-6-10-30(24(28)2)37-41-32-20-44(21-33(32)46-37)34(45)22-42(4)5/h6-12,14,16-17,23H,13,15,18-22H2,1-5H3,(H,38,40)/t23-/m1/s1. The summed E-state index contributed by atoms with van der Waals surface area (Å²) in [7, 11) is 3.85. The van der Waals surface area contributed by atoms with Crippen LogP contribution in [0, 0.1) is 19.8 Å². The lowest BCUT2D eigenvalue weighted by molar-refractivity contribution is -0.132. The monoisotopic (exact) mass is 631 g/mol. The van der Waals surface area contributed by atoms with E-state index >= 15 is 0 Å². The topological polar surface area (TPSA) is 77.5 Å². The van der Waals surface area contributed by atoms with Crippen LogP contribution in [-0.4, -0.2) is 69.3 Å². The largest absolute Gasteiger partial charge is 0.338 e. The Hall–Kier alpha value is -4.18. The van der Waals surface area contributed by atoms with Crippen molar-refractivity contribution in [1.29, 1.82) is 0 Å². The first kappa shape index (κ1) is 30.5. The third-order valence-corrected chi connectivity index (χ3v) is 10.4. The van der Waals surface area contributed by atoms with Crippen LogP contribution in [0.2, 0.25) is 0 Å². The Morgan fingerprint density at radius 2 is 1.80 bits per heavy atom. The van der Waals surface area contributed by atoms with Crippen LogP contribution in [0.25, 0.3) is 32.6 Å². The number of hydrogen-bond acceptors (Lipinski definition) is 8. The first-order valence-electron chi connectivity index (χ1n) is 16.1. The second-order valence-corrected chi connectivity index (χ2v) is 14.2. The number of rotatable bonds is 8. The minimum Gasteiger partial charge on any atom is -0.338 e. The molecule has 0 aliphatic carbocycles. The first-order chi connectivity index (χ1) is 22.2. The molecule has 2 aliphatic heterocycles. The van der Waals surface area contributed by atoms with Crippen LogP contribution in [-0.2, 0) is 24.4 Å². The summed E-state index contributed by atoms with van der Waals surface area (Å²) >= 11 is 1.70. The van der Waals surface area contributed by atoms with Gasteiger partial charge in [0.15, 0.2) is 5.82 Å². The minimum absolute atomic E-state index is 0.144. The number of carbonyl (C=O) groups excluding carboxylic acids is 1. The number of likely N-dealkylation sites (N-methyl/N-ethyl adjacent to an activating group) is 1. The number of likely N-dealkylation sites (tertiary alicyclic amines) is 1. The lowest BCUT2D eigenvalue weighted by Crippen LogP contribution is -2.34. The van der Waals surface area contributed by atoms with Gasteiger partial charge in [-0.3, -0.25) is 14.7 Å². The van der Waals surface area contributed by atoms with Crippen LogP contribution in [0.3, 0.4) is 0 Å². The van der Waals surface area contributed by atoms with Crippen LogP contribution >= 0.6 is 11.3 Å². The van der Waals surface area contributed by atoms with Crippen LogP contribution in [0.1, 0.15) is 40.6 Å². The van der Waals surface area contributed by atoms with Gasteiger partial charge in [-0.1, -0.05) is 37.3 Å². The molecule has 1 amide bonds. The fourth-order valence-corrected chi connectivity index (χ4v) is 7.93. The predicted octanol–water partition coefficient (Wildman–Crippen LogP) is 7.03. The smallest absolute Gasteiger partial charge is 0.237 e. The van der Waals surface area contributed by atoms with Gasteiger partial charge in [0.1, 0.15) is 10.5 Å². The number of nitrogens with one attached hydrogen (secondary N) is 1. The summed E-state index contributed by atoms with van der Waals surface area (Å²) in [5.74, 6) is 1.68. The summed E-state index contributed by atoms with van der Waals surface area (Å²) in [6, 6.07) is 17.2. The number of fused-ring (bicyclic) bond motifs is 2. The highest BCUT2D eigenvalue weighted by atomic mass is 32.1. The van der Waals surface area contributed by atoms with E-state index in [2.05, 4.69) is 79.5 Å². The maximum absolute atomic E-state index is 12.6. The lowest BCUT2D eigenvalue weighted by Gasteiger charge is -2.18. The summed E-state index contributed by atoms with van der Waals surface area (Å²) in [5.41, 5.74) is 9.99. The fraction of sp³-hybridized carbons (Fsp3) is 0.351. The summed E-state index contributed by atoms with van der Waals surface area (Å²) in [6.45, 7) is 11.6. The quantitative estimate of drug-likeness (QED) is 0.197. The van der Waals surface area contributed by atoms with Crippen molar-refractivity contribution in [2.75, 3.05) is 39.0 Å². The Bertz CT molecular complexity index is 1910. The normalized spacial score (nSPS) is 16.5. The Balaban J connectivity index is 1.13. The van der Waals surface area contributed by atoms with Gasteiger partial charge in [-0.2, -0.15) is 0 Å². The van der Waals surface area contributed by atoms with E-state index in [1.54, 1.807) is 11.3 Å². The van der Waals surface area contributed by atoms with E-state index in [0.29, 0.717) is 19.6 Å². The van der Waals surface area contributed by atoms with Crippen molar-refractivity contribution in [2.45, 2.75) is 46.8 Å². The predicted molar refractivity (Wildman–Crippen MR) is 187 cm³/mol. The SMILES string of the molecule is Cc1c(Nc2nccc3cc(CN4CC[C@@H](C)C4)cnc23)cccc1-c1cccc(-c2nc3c(s2)CN(C(=O)CN(C)C)C3)c1C. The van der Waals surface area contributed by atoms with Crippen molar-refractivity contribution in [3.8, 4) is 21.7 Å². The number of hydrogen-bond donors (Lipinski definition) is 1. The molecule has 2 aliphatic rings. The molecule has 1 atom stereocenters. The van der Waals surface area contributed by atoms with E-state index in [1.807, 2.05) is 36.3 Å². The fourth-order valence-electron chi connectivity index (χ4n) is 6.76. The van der Waals surface area contributed by atoms with Crippen LogP contribution in [0.5, 0.6) is 0 Å². The van der Waals surface area contributed by atoms with Crippen molar-refractivity contribution in [3.05, 3.63) is 88.2 Å². The molecule has 8 nitrogen and oxygen atoms in total. The second-order valence-electron chi connectivity index (χ2n) is 13.2. The summed E-state index contributed by atoms with van der Waals surface area (Å²) < 4.78 is 0. The van der Waals surface area contributed by atoms with Gasteiger partial charge in [0.25, 0.3) is 0 Å². The first-order valence-corrected chi connectivity index (χ1v) is 16.9. The molecular formula is C37H41N7OS. The molecule has 1 fully saturated rings. The highest BCUT2D eigenvalue weighted by molar-refractivity contribution is 7.15. The third kappa shape index (κ3) is 6.02. The molecule has 236 valence electrons. The maximum atomic E-state index is 12.6. The van der Waals surface area contributed by atoms with Crippen molar-refractivity contribution in [2.24, 2.45) is 5.92 Å². The molecule has 3 aromatic heterocycles. The van der Waals surface area contributed by atoms with E-state index in [0.717, 1.165) is 69.8 Å². The molecule has 2 aromatic carbocycles. The molecule has 0 spiro atoms. The minimum atomic E-state index is 0.144. The zero-order valence-corrected chi connectivity index (χ0v) is 28.1. The third-order valence-electron chi connectivity index (χ3n) is 9.27. The van der Waals surface area contributed by atoms with Gasteiger partial charge in [-0.05, 0) is 92.8 Å². The van der Waals surface area contributed by atoms with E-state index in [-0.39, 0.29) is 5.91 Å². The molecule has 1 saturated heterocycles. The van der Waals surface area contributed by atoms with E-state index in [1.165, 1.54) is 33.6 Å². The number of anilines is 2.